The fraction of sp³-hybridized carbons (Fsp3) is 0.357. The zero-order valence-corrected chi connectivity index (χ0v) is 12.1. The first kappa shape index (κ1) is 15.3. The van der Waals surface area contributed by atoms with Crippen molar-refractivity contribution in [1.29, 1.82) is 0 Å². The minimum Gasteiger partial charge on any atom is -0.415 e. The number of rotatable bonds is 5. The van der Waals surface area contributed by atoms with Gasteiger partial charge in [-0.15, -0.1) is 0 Å². The van der Waals surface area contributed by atoms with Crippen LogP contribution in [0.5, 0.6) is 0 Å². The zero-order chi connectivity index (χ0) is 16.2. The average Bonchev–Trinajstić information content (AvgIpc) is 2.94. The van der Waals surface area contributed by atoms with Crippen molar-refractivity contribution < 1.29 is 28.7 Å². The molecule has 3 rings (SSSR count). The minimum absolute atomic E-state index is 0.0724. The van der Waals surface area contributed by atoms with Crippen LogP contribution in [0.2, 0.25) is 0 Å². The van der Waals surface area contributed by atoms with Gasteiger partial charge in [-0.25, -0.2) is 15.1 Å². The molecule has 1 aromatic rings. The summed E-state index contributed by atoms with van der Waals surface area (Å²) >= 11 is 0. The molecule has 2 aliphatic heterocycles. The van der Waals surface area contributed by atoms with Crippen molar-refractivity contribution in [3.8, 4) is 0 Å². The van der Waals surface area contributed by atoms with E-state index in [0.717, 1.165) is 5.69 Å². The number of carbonyl (C=O) groups excluding carboxylic acids is 3. The van der Waals surface area contributed by atoms with E-state index >= 15 is 0 Å². The Hall–Kier alpha value is -2.65. The van der Waals surface area contributed by atoms with E-state index < -0.39 is 12.4 Å². The summed E-state index contributed by atoms with van der Waals surface area (Å²) in [5.74, 6) is -0.0991. The predicted octanol–water partition coefficient (Wildman–Crippen LogP) is 0.0101. The fourth-order valence-corrected chi connectivity index (χ4v) is 2.42. The van der Waals surface area contributed by atoms with Crippen LogP contribution in [0.1, 0.15) is 0 Å². The van der Waals surface area contributed by atoms with Gasteiger partial charge in [0.1, 0.15) is 6.61 Å². The number of hydrogen-bond acceptors (Lipinski definition) is 6. The van der Waals surface area contributed by atoms with Crippen molar-refractivity contribution in [3.05, 3.63) is 24.3 Å². The molecule has 0 aromatic heterocycles. The second-order valence-corrected chi connectivity index (χ2v) is 4.89. The third-order valence-corrected chi connectivity index (χ3v) is 3.49. The molecule has 9 nitrogen and oxygen atoms in total. The van der Waals surface area contributed by atoms with Gasteiger partial charge in [0.25, 0.3) is 5.91 Å². The van der Waals surface area contributed by atoms with Gasteiger partial charge in [-0.05, 0) is 24.3 Å². The molecule has 3 amide bonds. The van der Waals surface area contributed by atoms with E-state index in [1.165, 1.54) is 4.90 Å². The molecule has 2 aliphatic rings. The van der Waals surface area contributed by atoms with Gasteiger partial charge >= 0.3 is 6.09 Å². The molecule has 0 saturated carbocycles. The number of ether oxygens (including phenoxy) is 2. The molecule has 1 N–H and O–H groups in total. The first-order valence-corrected chi connectivity index (χ1v) is 7.00. The topological polar surface area (TPSA) is 97.4 Å². The summed E-state index contributed by atoms with van der Waals surface area (Å²) in [7, 11) is 0. The molecule has 23 heavy (non-hydrogen) atoms. The van der Waals surface area contributed by atoms with Gasteiger partial charge in [-0.2, -0.15) is 0 Å². The smallest absolute Gasteiger partial charge is 0.415 e. The van der Waals surface area contributed by atoms with Crippen molar-refractivity contribution in [2.24, 2.45) is 0 Å². The van der Waals surface area contributed by atoms with E-state index in [4.69, 9.17) is 14.3 Å². The van der Waals surface area contributed by atoms with Crippen molar-refractivity contribution in [3.63, 3.8) is 0 Å². The van der Waals surface area contributed by atoms with Crippen LogP contribution < -0.4 is 15.3 Å². The summed E-state index contributed by atoms with van der Waals surface area (Å²) < 4.78 is 10.0. The lowest BCUT2D eigenvalue weighted by Crippen LogP contribution is -2.41. The summed E-state index contributed by atoms with van der Waals surface area (Å²) in [5, 5.41) is 0. The minimum atomic E-state index is -0.867. The molecule has 2 heterocycles. The SMILES string of the molecule is O=CNOC1CN(c2ccc(N3CCOCC3=O)cc2)C(=O)O1. The number of hydrogen-bond donors (Lipinski definition) is 1. The zero-order valence-electron chi connectivity index (χ0n) is 12.1. The first-order chi connectivity index (χ1) is 11.2. The third kappa shape index (κ3) is 3.25. The Bertz CT molecular complexity index is 605. The van der Waals surface area contributed by atoms with Gasteiger partial charge in [-0.1, -0.05) is 0 Å². The normalized spacial score (nSPS) is 21.3. The van der Waals surface area contributed by atoms with Gasteiger partial charge in [0.15, 0.2) is 0 Å². The van der Waals surface area contributed by atoms with E-state index in [1.54, 1.807) is 29.2 Å². The number of cyclic esters (lactones) is 1. The quantitative estimate of drug-likeness (QED) is 0.606. The molecule has 2 fully saturated rings. The lowest BCUT2D eigenvalue weighted by atomic mass is 10.2. The van der Waals surface area contributed by atoms with Gasteiger partial charge < -0.3 is 14.4 Å². The molecule has 1 aromatic carbocycles. The van der Waals surface area contributed by atoms with E-state index in [1.807, 2.05) is 5.48 Å². The highest BCUT2D eigenvalue weighted by Gasteiger charge is 2.33. The number of amides is 3. The molecule has 9 heteroatoms. The molecule has 1 unspecified atom stereocenters. The van der Waals surface area contributed by atoms with Gasteiger partial charge in [-0.3, -0.25) is 14.5 Å². The molecule has 1 atom stereocenters. The summed E-state index contributed by atoms with van der Waals surface area (Å²) in [4.78, 5) is 41.6. The largest absolute Gasteiger partial charge is 0.416 e. The molecule has 0 radical (unpaired) electrons. The predicted molar refractivity (Wildman–Crippen MR) is 77.5 cm³/mol. The Kier molecular flexibility index (Phi) is 4.40. The Morgan fingerprint density at radius 1 is 1.17 bits per heavy atom. The number of nitrogens with zero attached hydrogens (tertiary/aromatic N) is 2. The van der Waals surface area contributed by atoms with Crippen LogP contribution in [0.25, 0.3) is 0 Å². The van der Waals surface area contributed by atoms with Crippen molar-refractivity contribution >= 4 is 29.8 Å². The van der Waals surface area contributed by atoms with Gasteiger partial charge in [0.2, 0.25) is 12.7 Å². The van der Waals surface area contributed by atoms with Crippen LogP contribution >= 0.6 is 0 Å². The number of nitrogens with one attached hydrogen (secondary N) is 1. The van der Waals surface area contributed by atoms with Crippen LogP contribution in [-0.2, 0) is 23.9 Å². The Morgan fingerprint density at radius 2 is 1.87 bits per heavy atom. The van der Waals surface area contributed by atoms with Crippen LogP contribution in [-0.4, -0.2) is 51.0 Å². The van der Waals surface area contributed by atoms with Crippen molar-refractivity contribution in [1.82, 2.24) is 5.48 Å². The van der Waals surface area contributed by atoms with Crippen molar-refractivity contribution in [2.45, 2.75) is 6.29 Å². The van der Waals surface area contributed by atoms with Gasteiger partial charge in [0, 0.05) is 17.9 Å². The lowest BCUT2D eigenvalue weighted by molar-refractivity contribution is -0.146. The Labute approximate surface area is 131 Å². The first-order valence-electron chi connectivity index (χ1n) is 7.00. The van der Waals surface area contributed by atoms with E-state index in [2.05, 4.69) is 0 Å². The lowest BCUT2D eigenvalue weighted by Gasteiger charge is -2.27. The summed E-state index contributed by atoms with van der Waals surface area (Å²) in [6.07, 6.45) is -1.09. The highest BCUT2D eigenvalue weighted by molar-refractivity contribution is 5.95. The highest BCUT2D eigenvalue weighted by Crippen LogP contribution is 2.25. The number of hydroxylamine groups is 1. The summed E-state index contributed by atoms with van der Waals surface area (Å²) in [6, 6.07) is 6.94. The average molecular weight is 321 g/mol. The van der Waals surface area contributed by atoms with Crippen LogP contribution in [0.15, 0.2) is 24.3 Å². The Balaban J connectivity index is 1.68. The van der Waals surface area contributed by atoms with Crippen molar-refractivity contribution in [2.75, 3.05) is 36.1 Å². The maximum atomic E-state index is 11.8. The van der Waals surface area contributed by atoms with Gasteiger partial charge in [0.05, 0.1) is 13.2 Å². The number of anilines is 2. The second-order valence-electron chi connectivity index (χ2n) is 4.89. The Morgan fingerprint density at radius 3 is 2.52 bits per heavy atom. The second kappa shape index (κ2) is 6.63. The van der Waals surface area contributed by atoms with E-state index in [9.17, 15) is 14.4 Å². The molecule has 2 saturated heterocycles. The number of benzene rings is 1. The summed E-state index contributed by atoms with van der Waals surface area (Å²) in [5.41, 5.74) is 3.35. The van der Waals surface area contributed by atoms with Crippen LogP contribution in [0.4, 0.5) is 16.2 Å². The summed E-state index contributed by atoms with van der Waals surface area (Å²) in [6.45, 7) is 1.21. The monoisotopic (exact) mass is 321 g/mol. The molecular weight excluding hydrogens is 306 g/mol. The maximum absolute atomic E-state index is 11.8. The van der Waals surface area contributed by atoms with Crippen LogP contribution in [0.3, 0.4) is 0 Å². The van der Waals surface area contributed by atoms with E-state index in [0.29, 0.717) is 25.2 Å². The highest BCUT2D eigenvalue weighted by atomic mass is 16.8. The molecule has 0 bridgehead atoms. The number of morpholine rings is 1. The van der Waals surface area contributed by atoms with E-state index in [-0.39, 0.29) is 19.1 Å². The maximum Gasteiger partial charge on any atom is 0.416 e. The number of carbonyl (C=O) groups is 3. The fourth-order valence-electron chi connectivity index (χ4n) is 2.42. The standard InChI is InChI=1S/C14H15N3O6/c18-9-15-23-13-7-17(14(20)22-13)11-3-1-10(2-4-11)16-5-6-21-8-12(16)19/h1-4,9,13H,5-8H2,(H,15,18). The molecule has 0 aliphatic carbocycles. The van der Waals surface area contributed by atoms with Crippen LogP contribution in [0, 0.1) is 0 Å². The molecule has 122 valence electrons. The third-order valence-electron chi connectivity index (χ3n) is 3.49. The molecule has 0 spiro atoms. The molecular formula is C14H15N3O6.